The van der Waals surface area contributed by atoms with Gasteiger partial charge < -0.3 is 5.32 Å². The van der Waals surface area contributed by atoms with Crippen molar-refractivity contribution in [3.05, 3.63) is 17.5 Å². The van der Waals surface area contributed by atoms with Crippen LogP contribution in [0.5, 0.6) is 0 Å². The molecular formula is C17H22N4O3. The van der Waals surface area contributed by atoms with Crippen LogP contribution in [-0.4, -0.2) is 45.5 Å². The van der Waals surface area contributed by atoms with Gasteiger partial charge in [0.1, 0.15) is 6.54 Å². The smallest absolute Gasteiger partial charge is 0.240 e. The molecule has 1 N–H and O–H groups in total. The van der Waals surface area contributed by atoms with Crippen LogP contribution in [0, 0.1) is 0 Å². The molecule has 2 aliphatic carbocycles. The highest BCUT2D eigenvalue weighted by Crippen LogP contribution is 2.44. The number of hydrogen-bond donors (Lipinski definition) is 1. The maximum atomic E-state index is 11.9. The van der Waals surface area contributed by atoms with Crippen molar-refractivity contribution in [1.29, 1.82) is 0 Å². The van der Waals surface area contributed by atoms with Gasteiger partial charge in [0, 0.05) is 36.9 Å². The summed E-state index contributed by atoms with van der Waals surface area (Å²) < 4.78 is 2.03. The van der Waals surface area contributed by atoms with E-state index in [0.29, 0.717) is 24.9 Å². The zero-order valence-electron chi connectivity index (χ0n) is 13.7. The molecule has 128 valence electrons. The number of imide groups is 1. The molecule has 3 aliphatic rings. The number of likely N-dealkylation sites (tertiary alicyclic amines) is 1. The molecule has 1 aromatic heterocycles. The number of carbonyl (C=O) groups excluding carboxylic acids is 3. The van der Waals surface area contributed by atoms with Crippen molar-refractivity contribution in [2.24, 2.45) is 0 Å². The Hall–Kier alpha value is -2.18. The largest absolute Gasteiger partial charge is 0.353 e. The monoisotopic (exact) mass is 330 g/mol. The Balaban J connectivity index is 1.30. The highest BCUT2D eigenvalue weighted by atomic mass is 16.2. The van der Waals surface area contributed by atoms with Crippen LogP contribution in [0.3, 0.4) is 0 Å². The van der Waals surface area contributed by atoms with Gasteiger partial charge in [-0.15, -0.1) is 0 Å². The summed E-state index contributed by atoms with van der Waals surface area (Å²) in [6.45, 7) is 0.923. The van der Waals surface area contributed by atoms with Crippen molar-refractivity contribution in [2.75, 3.05) is 13.1 Å². The molecule has 0 radical (unpaired) electrons. The van der Waals surface area contributed by atoms with Crippen LogP contribution in [-0.2, 0) is 20.9 Å². The minimum Gasteiger partial charge on any atom is -0.353 e. The Morgan fingerprint density at radius 1 is 1.12 bits per heavy atom. The van der Waals surface area contributed by atoms with Gasteiger partial charge in [0.05, 0.1) is 12.2 Å². The lowest BCUT2D eigenvalue weighted by Crippen LogP contribution is -2.40. The number of rotatable bonds is 7. The Bertz CT molecular complexity index is 672. The van der Waals surface area contributed by atoms with Gasteiger partial charge in [0.2, 0.25) is 17.7 Å². The predicted octanol–water partition coefficient (Wildman–Crippen LogP) is 0.903. The average Bonchev–Trinajstić information content (AvgIpc) is 3.48. The van der Waals surface area contributed by atoms with Gasteiger partial charge in [-0.05, 0) is 31.7 Å². The van der Waals surface area contributed by atoms with Gasteiger partial charge in [-0.25, -0.2) is 0 Å². The van der Waals surface area contributed by atoms with E-state index >= 15 is 0 Å². The average molecular weight is 330 g/mol. The van der Waals surface area contributed by atoms with E-state index in [0.717, 1.165) is 4.90 Å². The van der Waals surface area contributed by atoms with E-state index in [2.05, 4.69) is 11.4 Å². The molecule has 7 nitrogen and oxygen atoms in total. The molecule has 2 saturated carbocycles. The number of nitrogens with zero attached hydrogens (tertiary/aromatic N) is 3. The van der Waals surface area contributed by atoms with Crippen molar-refractivity contribution in [2.45, 2.75) is 56.9 Å². The van der Waals surface area contributed by atoms with Crippen molar-refractivity contribution in [1.82, 2.24) is 20.0 Å². The van der Waals surface area contributed by atoms with Crippen LogP contribution < -0.4 is 5.32 Å². The van der Waals surface area contributed by atoms with Gasteiger partial charge in [0.25, 0.3) is 0 Å². The van der Waals surface area contributed by atoms with Crippen LogP contribution >= 0.6 is 0 Å². The third-order valence-corrected chi connectivity index (χ3v) is 4.92. The molecule has 0 atom stereocenters. The number of carbonyl (C=O) groups is 3. The maximum absolute atomic E-state index is 11.9. The molecule has 1 aliphatic heterocycles. The molecule has 1 saturated heterocycles. The Labute approximate surface area is 140 Å². The number of hydrogen-bond acceptors (Lipinski definition) is 4. The first kappa shape index (κ1) is 15.4. The number of amides is 3. The highest BCUT2D eigenvalue weighted by Gasteiger charge is 2.33. The second-order valence-electron chi connectivity index (χ2n) is 6.99. The molecule has 0 bridgehead atoms. The predicted molar refractivity (Wildman–Crippen MR) is 85.1 cm³/mol. The summed E-state index contributed by atoms with van der Waals surface area (Å²) in [5, 5.41) is 7.50. The summed E-state index contributed by atoms with van der Waals surface area (Å²) in [4.78, 5) is 36.0. The van der Waals surface area contributed by atoms with Crippen LogP contribution in [0.15, 0.2) is 6.07 Å². The molecule has 7 heteroatoms. The third kappa shape index (κ3) is 3.20. The summed E-state index contributed by atoms with van der Waals surface area (Å²) in [5.41, 5.74) is 2.48. The van der Waals surface area contributed by atoms with E-state index < -0.39 is 0 Å². The fourth-order valence-corrected chi connectivity index (χ4v) is 3.22. The van der Waals surface area contributed by atoms with Crippen LogP contribution in [0.4, 0.5) is 0 Å². The van der Waals surface area contributed by atoms with Crippen molar-refractivity contribution < 1.29 is 14.4 Å². The summed E-state index contributed by atoms with van der Waals surface area (Å²) in [6, 6.07) is 2.23. The first-order chi connectivity index (χ1) is 11.6. The Morgan fingerprint density at radius 3 is 2.42 bits per heavy atom. The number of aromatic nitrogens is 2. The van der Waals surface area contributed by atoms with E-state index in [-0.39, 0.29) is 37.1 Å². The highest BCUT2D eigenvalue weighted by molar-refractivity contribution is 6.04. The fourth-order valence-electron chi connectivity index (χ4n) is 3.22. The number of nitrogens with one attached hydrogen (secondary N) is 1. The maximum Gasteiger partial charge on any atom is 0.240 e. The van der Waals surface area contributed by atoms with Gasteiger partial charge in [-0.3, -0.25) is 24.0 Å². The quantitative estimate of drug-likeness (QED) is 0.753. The van der Waals surface area contributed by atoms with Crippen LogP contribution in [0.1, 0.15) is 61.7 Å². The molecule has 0 unspecified atom stereocenters. The topological polar surface area (TPSA) is 84.3 Å². The molecule has 24 heavy (non-hydrogen) atoms. The van der Waals surface area contributed by atoms with E-state index in [1.165, 1.54) is 37.1 Å². The second-order valence-corrected chi connectivity index (χ2v) is 6.99. The zero-order chi connectivity index (χ0) is 16.7. The molecule has 4 rings (SSSR count). The minimum absolute atomic E-state index is 0.167. The van der Waals surface area contributed by atoms with E-state index in [1.54, 1.807) is 0 Å². The summed E-state index contributed by atoms with van der Waals surface area (Å²) in [6.07, 6.45) is 5.34. The normalized spacial score (nSPS) is 20.8. The molecule has 0 aromatic carbocycles. The van der Waals surface area contributed by atoms with Crippen molar-refractivity contribution in [3.8, 4) is 0 Å². The first-order valence-corrected chi connectivity index (χ1v) is 8.79. The van der Waals surface area contributed by atoms with Crippen LogP contribution in [0.2, 0.25) is 0 Å². The lowest BCUT2D eigenvalue weighted by Gasteiger charge is -2.13. The Morgan fingerprint density at radius 2 is 1.79 bits per heavy atom. The zero-order valence-corrected chi connectivity index (χ0v) is 13.7. The first-order valence-electron chi connectivity index (χ1n) is 8.79. The van der Waals surface area contributed by atoms with E-state index in [4.69, 9.17) is 5.10 Å². The van der Waals surface area contributed by atoms with Crippen molar-refractivity contribution in [3.63, 3.8) is 0 Å². The SMILES string of the molecule is O=C(CN1C(=O)CCC1=O)NCCn1nc(C2CC2)cc1C1CC1. The van der Waals surface area contributed by atoms with Crippen molar-refractivity contribution >= 4 is 17.7 Å². The molecule has 3 amide bonds. The molecule has 1 aromatic rings. The fraction of sp³-hybridized carbons (Fsp3) is 0.647. The molecule has 0 spiro atoms. The summed E-state index contributed by atoms with van der Waals surface area (Å²) >= 11 is 0. The third-order valence-electron chi connectivity index (χ3n) is 4.92. The lowest BCUT2D eigenvalue weighted by molar-refractivity contribution is -0.142. The molecular weight excluding hydrogens is 308 g/mol. The standard InChI is InChI=1S/C17H22N4O3/c22-15(10-20-16(23)5-6-17(20)24)18-7-8-21-14(12-3-4-12)9-13(19-21)11-1-2-11/h9,11-12H,1-8,10H2,(H,18,22). The van der Waals surface area contributed by atoms with E-state index in [9.17, 15) is 14.4 Å². The van der Waals surface area contributed by atoms with Gasteiger partial charge in [-0.1, -0.05) is 0 Å². The van der Waals surface area contributed by atoms with Gasteiger partial charge in [0.15, 0.2) is 0 Å². The molecule has 2 heterocycles. The summed E-state index contributed by atoms with van der Waals surface area (Å²) in [7, 11) is 0. The summed E-state index contributed by atoms with van der Waals surface area (Å²) in [5.74, 6) is 0.451. The van der Waals surface area contributed by atoms with Gasteiger partial charge in [-0.2, -0.15) is 5.10 Å². The second kappa shape index (κ2) is 6.03. The minimum atomic E-state index is -0.291. The Kier molecular flexibility index (Phi) is 3.86. The van der Waals surface area contributed by atoms with Gasteiger partial charge >= 0.3 is 0 Å². The van der Waals surface area contributed by atoms with E-state index in [1.807, 2.05) is 4.68 Å². The molecule has 3 fully saturated rings. The van der Waals surface area contributed by atoms with Crippen LogP contribution in [0.25, 0.3) is 0 Å². The lowest BCUT2D eigenvalue weighted by atomic mass is 10.2.